The van der Waals surface area contributed by atoms with E-state index in [9.17, 15) is 4.79 Å². The van der Waals surface area contributed by atoms with E-state index in [4.69, 9.17) is 9.47 Å². The highest BCUT2D eigenvalue weighted by Crippen LogP contribution is 2.32. The second kappa shape index (κ2) is 8.22. The van der Waals surface area contributed by atoms with Crippen LogP contribution in [-0.4, -0.2) is 46.1 Å². The summed E-state index contributed by atoms with van der Waals surface area (Å²) >= 11 is 0. The lowest BCUT2D eigenvalue weighted by molar-refractivity contribution is 0.174. The molecule has 0 fully saturated rings. The van der Waals surface area contributed by atoms with E-state index < -0.39 is 0 Å². The molecule has 2 heterocycles. The minimum atomic E-state index is -0.112. The summed E-state index contributed by atoms with van der Waals surface area (Å²) in [4.78, 5) is 18.2. The highest BCUT2D eigenvalue weighted by molar-refractivity contribution is 5.74. The van der Waals surface area contributed by atoms with Gasteiger partial charge in [0.05, 0.1) is 11.7 Å². The molecule has 2 aromatic carbocycles. The molecule has 0 radical (unpaired) electrons. The van der Waals surface area contributed by atoms with E-state index in [1.54, 1.807) is 23.0 Å². The Morgan fingerprint density at radius 2 is 2.00 bits per heavy atom. The molecule has 8 nitrogen and oxygen atoms in total. The van der Waals surface area contributed by atoms with Gasteiger partial charge in [-0.3, -0.25) is 0 Å². The minimum Gasteiger partial charge on any atom is -0.454 e. The fraction of sp³-hybridized carbons (Fsp3) is 0.286. The van der Waals surface area contributed by atoms with Crippen molar-refractivity contribution in [3.05, 3.63) is 66.2 Å². The van der Waals surface area contributed by atoms with Crippen LogP contribution < -0.4 is 14.8 Å². The van der Waals surface area contributed by atoms with Gasteiger partial charge in [-0.1, -0.05) is 18.2 Å². The van der Waals surface area contributed by atoms with Gasteiger partial charge in [0.15, 0.2) is 11.5 Å². The van der Waals surface area contributed by atoms with Gasteiger partial charge in [-0.2, -0.15) is 5.10 Å². The smallest absolute Gasteiger partial charge is 0.317 e. The molecule has 1 aromatic heterocycles. The van der Waals surface area contributed by atoms with Crippen LogP contribution in [0, 0.1) is 0 Å². The third-order valence-corrected chi connectivity index (χ3v) is 5.09. The van der Waals surface area contributed by atoms with Crippen LogP contribution in [0.3, 0.4) is 0 Å². The predicted molar refractivity (Wildman–Crippen MR) is 107 cm³/mol. The molecule has 1 aliphatic heterocycles. The van der Waals surface area contributed by atoms with Crippen molar-refractivity contribution in [3.63, 3.8) is 0 Å². The average molecular weight is 393 g/mol. The van der Waals surface area contributed by atoms with Crippen molar-refractivity contribution < 1.29 is 14.3 Å². The molecule has 0 spiro atoms. The van der Waals surface area contributed by atoms with Gasteiger partial charge >= 0.3 is 6.03 Å². The maximum Gasteiger partial charge on any atom is 0.317 e. The first-order chi connectivity index (χ1) is 14.1. The first-order valence-electron chi connectivity index (χ1n) is 9.46. The molecule has 2 amide bonds. The summed E-state index contributed by atoms with van der Waals surface area (Å²) in [6.45, 7) is 2.81. The Labute approximate surface area is 169 Å². The quantitative estimate of drug-likeness (QED) is 0.696. The van der Waals surface area contributed by atoms with Gasteiger partial charge in [0.25, 0.3) is 0 Å². The molecule has 150 valence electrons. The second-order valence-electron chi connectivity index (χ2n) is 6.89. The third-order valence-electron chi connectivity index (χ3n) is 5.09. The van der Waals surface area contributed by atoms with E-state index in [0.717, 1.165) is 34.7 Å². The predicted octanol–water partition coefficient (Wildman–Crippen LogP) is 2.94. The van der Waals surface area contributed by atoms with Crippen LogP contribution in [0.1, 0.15) is 24.1 Å². The molecule has 0 bridgehead atoms. The molecule has 8 heteroatoms. The Morgan fingerprint density at radius 1 is 1.21 bits per heavy atom. The van der Waals surface area contributed by atoms with Gasteiger partial charge in [0.2, 0.25) is 6.79 Å². The highest BCUT2D eigenvalue weighted by atomic mass is 16.7. The number of carbonyl (C=O) groups excluding carboxylic acids is 1. The van der Waals surface area contributed by atoms with E-state index in [1.807, 2.05) is 49.4 Å². The summed E-state index contributed by atoms with van der Waals surface area (Å²) < 4.78 is 12.4. The number of hydrogen-bond acceptors (Lipinski definition) is 5. The molecule has 1 N–H and O–H groups in total. The van der Waals surface area contributed by atoms with Crippen molar-refractivity contribution >= 4 is 6.03 Å². The van der Waals surface area contributed by atoms with Crippen molar-refractivity contribution in [1.29, 1.82) is 0 Å². The molecule has 4 rings (SSSR count). The minimum absolute atomic E-state index is 0.0645. The molecule has 0 saturated heterocycles. The molecule has 1 atom stereocenters. The van der Waals surface area contributed by atoms with Crippen LogP contribution in [0.25, 0.3) is 5.69 Å². The lowest BCUT2D eigenvalue weighted by atomic mass is 10.1. The van der Waals surface area contributed by atoms with Gasteiger partial charge in [-0.05, 0) is 48.7 Å². The van der Waals surface area contributed by atoms with Crippen molar-refractivity contribution in [3.8, 4) is 17.2 Å². The zero-order valence-electron chi connectivity index (χ0n) is 16.4. The lowest BCUT2D eigenvalue weighted by Gasteiger charge is -2.25. The summed E-state index contributed by atoms with van der Waals surface area (Å²) in [5.74, 6) is 1.52. The van der Waals surface area contributed by atoms with E-state index in [-0.39, 0.29) is 18.9 Å². The maximum atomic E-state index is 12.5. The molecule has 1 unspecified atom stereocenters. The number of urea groups is 1. The maximum absolute atomic E-state index is 12.5. The Kier molecular flexibility index (Phi) is 5.33. The first kappa shape index (κ1) is 18.8. The lowest BCUT2D eigenvalue weighted by Crippen LogP contribution is -2.39. The number of ether oxygens (including phenoxy) is 2. The average Bonchev–Trinajstić information content (AvgIpc) is 3.44. The van der Waals surface area contributed by atoms with Crippen LogP contribution >= 0.6 is 0 Å². The van der Waals surface area contributed by atoms with Crippen LogP contribution in [-0.2, 0) is 6.42 Å². The summed E-state index contributed by atoms with van der Waals surface area (Å²) in [7, 11) is 1.80. The van der Waals surface area contributed by atoms with Crippen LogP contribution in [0.5, 0.6) is 11.5 Å². The van der Waals surface area contributed by atoms with Gasteiger partial charge in [-0.15, -0.1) is 0 Å². The normalized spacial score (nSPS) is 13.2. The molecular weight excluding hydrogens is 370 g/mol. The number of nitrogens with one attached hydrogen (secondary N) is 1. The molecule has 0 aliphatic carbocycles. The van der Waals surface area contributed by atoms with E-state index in [2.05, 4.69) is 15.4 Å². The van der Waals surface area contributed by atoms with Crippen LogP contribution in [0.4, 0.5) is 4.79 Å². The Hall–Kier alpha value is -3.55. The zero-order valence-corrected chi connectivity index (χ0v) is 16.4. The molecule has 0 saturated carbocycles. The van der Waals surface area contributed by atoms with Gasteiger partial charge in [0, 0.05) is 13.6 Å². The molecular formula is C21H23N5O3. The molecule has 1 aliphatic rings. The number of benzene rings is 2. The summed E-state index contributed by atoms with van der Waals surface area (Å²) in [6.07, 6.45) is 3.87. The highest BCUT2D eigenvalue weighted by Gasteiger charge is 2.18. The number of fused-ring (bicyclic) bond motifs is 1. The largest absolute Gasteiger partial charge is 0.454 e. The number of aromatic nitrogens is 3. The Bertz CT molecular complexity index is 972. The number of rotatable bonds is 6. The van der Waals surface area contributed by atoms with E-state index in [0.29, 0.717) is 6.54 Å². The summed E-state index contributed by atoms with van der Waals surface area (Å²) in [5.41, 5.74) is 3.06. The molecule has 29 heavy (non-hydrogen) atoms. The van der Waals surface area contributed by atoms with Gasteiger partial charge in [0.1, 0.15) is 12.7 Å². The number of carbonyl (C=O) groups is 1. The number of hydrogen-bond donors (Lipinski definition) is 1. The Balaban J connectivity index is 1.30. The van der Waals surface area contributed by atoms with Crippen molar-refractivity contribution in [2.75, 3.05) is 20.4 Å². The van der Waals surface area contributed by atoms with Gasteiger partial charge in [-0.25, -0.2) is 14.5 Å². The van der Waals surface area contributed by atoms with E-state index in [1.165, 1.54) is 6.33 Å². The van der Waals surface area contributed by atoms with Crippen molar-refractivity contribution in [1.82, 2.24) is 25.0 Å². The second-order valence-corrected chi connectivity index (χ2v) is 6.89. The Morgan fingerprint density at radius 3 is 2.76 bits per heavy atom. The molecule has 3 aromatic rings. The third kappa shape index (κ3) is 4.16. The van der Waals surface area contributed by atoms with Crippen LogP contribution in [0.15, 0.2) is 55.1 Å². The monoisotopic (exact) mass is 393 g/mol. The van der Waals surface area contributed by atoms with E-state index >= 15 is 0 Å². The van der Waals surface area contributed by atoms with Crippen LogP contribution in [0.2, 0.25) is 0 Å². The standard InChI is InChI=1S/C21H23N5O3/c1-15(17-4-6-18(7-5-17)26-13-22-12-24-26)25(2)21(27)23-10-9-16-3-8-19-20(11-16)29-14-28-19/h3-8,11-13,15H,9-10,14H2,1-2H3,(H,23,27). The van der Waals surface area contributed by atoms with Crippen molar-refractivity contribution in [2.45, 2.75) is 19.4 Å². The fourth-order valence-electron chi connectivity index (χ4n) is 3.18. The van der Waals surface area contributed by atoms with Crippen molar-refractivity contribution in [2.24, 2.45) is 0 Å². The summed E-state index contributed by atoms with van der Waals surface area (Å²) in [5, 5.41) is 7.09. The number of nitrogens with zero attached hydrogens (tertiary/aromatic N) is 4. The number of amides is 2. The fourth-order valence-corrected chi connectivity index (χ4v) is 3.18. The SMILES string of the molecule is CC(c1ccc(-n2cncn2)cc1)N(C)C(=O)NCCc1ccc2c(c1)OCO2. The zero-order chi connectivity index (χ0) is 20.2. The van der Waals surface area contributed by atoms with Gasteiger partial charge < -0.3 is 19.7 Å². The topological polar surface area (TPSA) is 81.5 Å². The summed E-state index contributed by atoms with van der Waals surface area (Å²) in [6, 6.07) is 13.6. The first-order valence-corrected chi connectivity index (χ1v) is 9.46.